The summed E-state index contributed by atoms with van der Waals surface area (Å²) in [7, 11) is 0. The molecule has 0 bridgehead atoms. The Bertz CT molecular complexity index is 840. The Labute approximate surface area is 173 Å². The topological polar surface area (TPSA) is 72.3 Å². The lowest BCUT2D eigenvalue weighted by Gasteiger charge is -2.38. The second-order valence-electron chi connectivity index (χ2n) is 7.45. The maximum Gasteiger partial charge on any atom is 0.237 e. The third kappa shape index (κ3) is 5.12. The number of hydrogen-bond donors (Lipinski definition) is 1. The smallest absolute Gasteiger partial charge is 0.237 e. The van der Waals surface area contributed by atoms with Crippen molar-refractivity contribution in [3.05, 3.63) is 59.8 Å². The fourth-order valence-corrected chi connectivity index (χ4v) is 3.81. The zero-order chi connectivity index (χ0) is 20.6. The SMILES string of the molecule is CCCC(NC(=O)C(C)N1CCN(c2ncccc2C#N)CC1)c1ccccc1. The van der Waals surface area contributed by atoms with Crippen molar-refractivity contribution in [2.75, 3.05) is 31.1 Å². The predicted octanol–water partition coefficient (Wildman–Crippen LogP) is 3.12. The summed E-state index contributed by atoms with van der Waals surface area (Å²) in [5, 5.41) is 12.5. The molecule has 0 spiro atoms. The second-order valence-corrected chi connectivity index (χ2v) is 7.45. The van der Waals surface area contributed by atoms with E-state index in [0.717, 1.165) is 50.4 Å². The highest BCUT2D eigenvalue weighted by Crippen LogP contribution is 2.21. The van der Waals surface area contributed by atoms with Crippen molar-refractivity contribution in [1.29, 1.82) is 5.26 Å². The average Bonchev–Trinajstić information content (AvgIpc) is 2.79. The Kier molecular flexibility index (Phi) is 7.20. The minimum Gasteiger partial charge on any atom is -0.353 e. The van der Waals surface area contributed by atoms with E-state index in [2.05, 4.69) is 45.2 Å². The van der Waals surface area contributed by atoms with Crippen LogP contribution in [0.15, 0.2) is 48.7 Å². The predicted molar refractivity (Wildman–Crippen MR) is 114 cm³/mol. The number of nitrogens with zero attached hydrogens (tertiary/aromatic N) is 4. The van der Waals surface area contributed by atoms with E-state index in [0.29, 0.717) is 5.56 Å². The van der Waals surface area contributed by atoms with Gasteiger partial charge < -0.3 is 10.2 Å². The van der Waals surface area contributed by atoms with Gasteiger partial charge in [0.1, 0.15) is 11.9 Å². The molecular formula is C23H29N5O. The number of benzene rings is 1. The summed E-state index contributed by atoms with van der Waals surface area (Å²) in [6.45, 7) is 7.14. The highest BCUT2D eigenvalue weighted by atomic mass is 16.2. The number of piperazine rings is 1. The Morgan fingerprint density at radius 1 is 1.17 bits per heavy atom. The van der Waals surface area contributed by atoms with Crippen LogP contribution in [-0.4, -0.2) is 48.0 Å². The molecule has 1 saturated heterocycles. The molecule has 1 aromatic carbocycles. The lowest BCUT2D eigenvalue weighted by Crippen LogP contribution is -2.54. The van der Waals surface area contributed by atoms with Gasteiger partial charge in [0.05, 0.1) is 17.6 Å². The van der Waals surface area contributed by atoms with Gasteiger partial charge in [-0.3, -0.25) is 9.69 Å². The molecule has 2 heterocycles. The van der Waals surface area contributed by atoms with E-state index in [-0.39, 0.29) is 18.0 Å². The number of rotatable bonds is 7. The molecule has 0 aliphatic carbocycles. The summed E-state index contributed by atoms with van der Waals surface area (Å²) in [5.74, 6) is 0.801. The molecule has 1 amide bonds. The van der Waals surface area contributed by atoms with Crippen molar-refractivity contribution in [1.82, 2.24) is 15.2 Å². The Hall–Kier alpha value is -2.91. The largest absolute Gasteiger partial charge is 0.353 e. The molecule has 2 aromatic rings. The zero-order valence-electron chi connectivity index (χ0n) is 17.2. The van der Waals surface area contributed by atoms with Crippen LogP contribution < -0.4 is 10.2 Å². The van der Waals surface area contributed by atoms with E-state index in [1.807, 2.05) is 25.1 Å². The molecule has 1 aliphatic rings. The summed E-state index contributed by atoms with van der Waals surface area (Å²) in [6.07, 6.45) is 3.65. The zero-order valence-corrected chi connectivity index (χ0v) is 17.2. The number of carbonyl (C=O) groups excluding carboxylic acids is 1. The highest BCUT2D eigenvalue weighted by molar-refractivity contribution is 5.81. The van der Waals surface area contributed by atoms with Crippen LogP contribution >= 0.6 is 0 Å². The van der Waals surface area contributed by atoms with Gasteiger partial charge in [0, 0.05) is 32.4 Å². The first-order valence-corrected chi connectivity index (χ1v) is 10.3. The lowest BCUT2D eigenvalue weighted by atomic mass is 10.0. The van der Waals surface area contributed by atoms with Gasteiger partial charge in [-0.1, -0.05) is 43.7 Å². The monoisotopic (exact) mass is 391 g/mol. The maximum absolute atomic E-state index is 12.9. The van der Waals surface area contributed by atoms with Crippen LogP contribution in [0.25, 0.3) is 0 Å². The maximum atomic E-state index is 12.9. The van der Waals surface area contributed by atoms with Gasteiger partial charge in [0.25, 0.3) is 0 Å². The summed E-state index contributed by atoms with van der Waals surface area (Å²) in [4.78, 5) is 21.6. The van der Waals surface area contributed by atoms with Crippen LogP contribution in [0.1, 0.15) is 43.9 Å². The van der Waals surface area contributed by atoms with E-state index in [1.54, 1.807) is 18.3 Å². The highest BCUT2D eigenvalue weighted by Gasteiger charge is 2.28. The molecular weight excluding hydrogens is 362 g/mol. The molecule has 6 heteroatoms. The number of nitriles is 1. The van der Waals surface area contributed by atoms with Crippen molar-refractivity contribution in [2.45, 2.75) is 38.8 Å². The Balaban J connectivity index is 1.59. The average molecular weight is 392 g/mol. The van der Waals surface area contributed by atoms with Crippen molar-refractivity contribution in [2.24, 2.45) is 0 Å². The fourth-order valence-electron chi connectivity index (χ4n) is 3.81. The van der Waals surface area contributed by atoms with E-state index in [9.17, 15) is 10.1 Å². The van der Waals surface area contributed by atoms with Gasteiger partial charge in [-0.05, 0) is 31.0 Å². The van der Waals surface area contributed by atoms with Gasteiger partial charge in [0.2, 0.25) is 5.91 Å². The Morgan fingerprint density at radius 2 is 1.90 bits per heavy atom. The molecule has 2 atom stereocenters. The molecule has 1 fully saturated rings. The van der Waals surface area contributed by atoms with E-state index in [4.69, 9.17) is 0 Å². The molecule has 2 unspecified atom stereocenters. The van der Waals surface area contributed by atoms with E-state index >= 15 is 0 Å². The molecule has 1 N–H and O–H groups in total. The molecule has 0 radical (unpaired) electrons. The number of amides is 1. The first-order chi connectivity index (χ1) is 14.1. The first-order valence-electron chi connectivity index (χ1n) is 10.3. The van der Waals surface area contributed by atoms with Crippen molar-refractivity contribution >= 4 is 11.7 Å². The minimum absolute atomic E-state index is 0.0455. The number of hydrogen-bond acceptors (Lipinski definition) is 5. The molecule has 29 heavy (non-hydrogen) atoms. The summed E-state index contributed by atoms with van der Waals surface area (Å²) in [6, 6.07) is 15.8. The van der Waals surface area contributed by atoms with Crippen LogP contribution in [0.5, 0.6) is 0 Å². The van der Waals surface area contributed by atoms with Crippen molar-refractivity contribution < 1.29 is 4.79 Å². The summed E-state index contributed by atoms with van der Waals surface area (Å²) < 4.78 is 0. The fraction of sp³-hybridized carbons (Fsp3) is 0.435. The Morgan fingerprint density at radius 3 is 2.55 bits per heavy atom. The van der Waals surface area contributed by atoms with Crippen LogP contribution in [0.3, 0.4) is 0 Å². The van der Waals surface area contributed by atoms with E-state index in [1.165, 1.54) is 0 Å². The molecule has 1 aliphatic heterocycles. The first kappa shape index (κ1) is 20.8. The molecule has 0 saturated carbocycles. The lowest BCUT2D eigenvalue weighted by molar-refractivity contribution is -0.126. The number of pyridine rings is 1. The number of aromatic nitrogens is 1. The summed E-state index contributed by atoms with van der Waals surface area (Å²) >= 11 is 0. The van der Waals surface area contributed by atoms with Crippen molar-refractivity contribution in [3.8, 4) is 6.07 Å². The third-order valence-electron chi connectivity index (χ3n) is 5.54. The van der Waals surface area contributed by atoms with Gasteiger partial charge >= 0.3 is 0 Å². The van der Waals surface area contributed by atoms with Gasteiger partial charge in [0.15, 0.2) is 0 Å². The standard InChI is InChI=1S/C23H29N5O/c1-3-8-21(19-9-5-4-6-10-19)26-23(29)18(2)27-13-15-28(16-14-27)22-20(17-24)11-7-12-25-22/h4-7,9-12,18,21H,3,8,13-16H2,1-2H3,(H,26,29). The number of anilines is 1. The van der Waals surface area contributed by atoms with Gasteiger partial charge in [-0.2, -0.15) is 5.26 Å². The van der Waals surface area contributed by atoms with Gasteiger partial charge in [-0.15, -0.1) is 0 Å². The van der Waals surface area contributed by atoms with Crippen LogP contribution in [0.2, 0.25) is 0 Å². The normalized spacial score (nSPS) is 16.7. The molecule has 6 nitrogen and oxygen atoms in total. The molecule has 3 rings (SSSR count). The van der Waals surface area contributed by atoms with Crippen LogP contribution in [0.4, 0.5) is 5.82 Å². The third-order valence-corrected chi connectivity index (χ3v) is 5.54. The van der Waals surface area contributed by atoms with Gasteiger partial charge in [-0.25, -0.2) is 4.98 Å². The van der Waals surface area contributed by atoms with E-state index < -0.39 is 0 Å². The number of carbonyl (C=O) groups is 1. The van der Waals surface area contributed by atoms with Crippen LogP contribution in [-0.2, 0) is 4.79 Å². The van der Waals surface area contributed by atoms with Crippen molar-refractivity contribution in [3.63, 3.8) is 0 Å². The quantitative estimate of drug-likeness (QED) is 0.785. The second kappa shape index (κ2) is 10.0. The summed E-state index contributed by atoms with van der Waals surface area (Å²) in [5.41, 5.74) is 1.75. The molecule has 1 aromatic heterocycles. The minimum atomic E-state index is -0.195. The van der Waals surface area contributed by atoms with Crippen LogP contribution in [0, 0.1) is 11.3 Å². The number of nitrogens with one attached hydrogen (secondary N) is 1. The molecule has 152 valence electrons.